The quantitative estimate of drug-likeness (QED) is 0.681. The molecule has 1 aromatic heterocycles. The molecule has 2 nitrogen and oxygen atoms in total. The van der Waals surface area contributed by atoms with Gasteiger partial charge in [-0.05, 0) is 30.9 Å². The van der Waals surface area contributed by atoms with Crippen molar-refractivity contribution in [3.8, 4) is 5.75 Å². The van der Waals surface area contributed by atoms with E-state index >= 15 is 0 Å². The minimum Gasteiger partial charge on any atom is -0.489 e. The van der Waals surface area contributed by atoms with Crippen LogP contribution in [0.2, 0.25) is 0 Å². The Morgan fingerprint density at radius 3 is 3.00 bits per heavy atom. The Morgan fingerprint density at radius 2 is 2.33 bits per heavy atom. The van der Waals surface area contributed by atoms with Crippen LogP contribution in [0, 0.1) is 0 Å². The second-order valence-corrected chi connectivity index (χ2v) is 3.20. The van der Waals surface area contributed by atoms with E-state index in [9.17, 15) is 0 Å². The van der Waals surface area contributed by atoms with Crippen LogP contribution in [0.1, 0.15) is 25.3 Å². The summed E-state index contributed by atoms with van der Waals surface area (Å²) >= 11 is 0. The fourth-order valence-electron chi connectivity index (χ4n) is 1.10. The summed E-state index contributed by atoms with van der Waals surface area (Å²) in [5, 5.41) is 0. The molecule has 0 bridgehead atoms. The first kappa shape index (κ1) is 7.59. The molecule has 1 aliphatic rings. The third-order valence-electron chi connectivity index (χ3n) is 2.01. The Balaban J connectivity index is 2.08. The van der Waals surface area contributed by atoms with Crippen molar-refractivity contribution >= 4 is 0 Å². The SMILES string of the molecule is CCc1cncc(OC2CC2)c1. The summed E-state index contributed by atoms with van der Waals surface area (Å²) in [6.07, 6.45) is 7.58. The molecule has 1 fully saturated rings. The van der Waals surface area contributed by atoms with Crippen LogP contribution in [-0.4, -0.2) is 11.1 Å². The van der Waals surface area contributed by atoms with Crippen LogP contribution in [0.4, 0.5) is 0 Å². The monoisotopic (exact) mass is 163 g/mol. The molecule has 2 heteroatoms. The Hall–Kier alpha value is -1.05. The van der Waals surface area contributed by atoms with Crippen LogP contribution in [0.3, 0.4) is 0 Å². The minimum absolute atomic E-state index is 0.471. The van der Waals surface area contributed by atoms with Crippen molar-refractivity contribution in [1.29, 1.82) is 0 Å². The Morgan fingerprint density at radius 1 is 1.50 bits per heavy atom. The Labute approximate surface area is 72.6 Å². The molecule has 12 heavy (non-hydrogen) atoms. The summed E-state index contributed by atoms with van der Waals surface area (Å²) in [7, 11) is 0. The molecule has 1 saturated carbocycles. The summed E-state index contributed by atoms with van der Waals surface area (Å²) in [4.78, 5) is 4.11. The van der Waals surface area contributed by atoms with E-state index in [4.69, 9.17) is 4.74 Å². The number of nitrogens with zero attached hydrogens (tertiary/aromatic N) is 1. The van der Waals surface area contributed by atoms with E-state index in [0.29, 0.717) is 6.10 Å². The van der Waals surface area contributed by atoms with Gasteiger partial charge in [0.1, 0.15) is 5.75 Å². The molecule has 0 saturated heterocycles. The largest absolute Gasteiger partial charge is 0.489 e. The molecule has 1 aliphatic carbocycles. The molecule has 0 atom stereocenters. The number of hydrogen-bond acceptors (Lipinski definition) is 2. The highest BCUT2D eigenvalue weighted by molar-refractivity contribution is 5.24. The van der Waals surface area contributed by atoms with Crippen molar-refractivity contribution in [3.63, 3.8) is 0 Å². The molecule has 1 heterocycles. The normalized spacial score (nSPS) is 16.1. The van der Waals surface area contributed by atoms with Gasteiger partial charge >= 0.3 is 0 Å². The standard InChI is InChI=1S/C10H13NO/c1-2-8-5-10(7-11-6-8)12-9-3-4-9/h5-7,9H,2-4H2,1H3. The van der Waals surface area contributed by atoms with Crippen LogP contribution < -0.4 is 4.74 Å². The summed E-state index contributed by atoms with van der Waals surface area (Å²) < 4.78 is 5.61. The van der Waals surface area contributed by atoms with Gasteiger partial charge < -0.3 is 4.74 Å². The van der Waals surface area contributed by atoms with E-state index in [1.807, 2.05) is 6.20 Å². The molecule has 0 unspecified atom stereocenters. The molecule has 2 rings (SSSR count). The predicted molar refractivity (Wildman–Crippen MR) is 47.3 cm³/mol. The van der Waals surface area contributed by atoms with Crippen LogP contribution >= 0.6 is 0 Å². The second kappa shape index (κ2) is 3.13. The zero-order valence-electron chi connectivity index (χ0n) is 7.29. The minimum atomic E-state index is 0.471. The van der Waals surface area contributed by atoms with Gasteiger partial charge in [-0.15, -0.1) is 0 Å². The van der Waals surface area contributed by atoms with Gasteiger partial charge in [0.2, 0.25) is 0 Å². The average molecular weight is 163 g/mol. The summed E-state index contributed by atoms with van der Waals surface area (Å²) in [6, 6.07) is 2.07. The fourth-order valence-corrected chi connectivity index (χ4v) is 1.10. The van der Waals surface area contributed by atoms with Gasteiger partial charge in [0.25, 0.3) is 0 Å². The third-order valence-corrected chi connectivity index (χ3v) is 2.01. The van der Waals surface area contributed by atoms with Crippen molar-refractivity contribution < 1.29 is 4.74 Å². The van der Waals surface area contributed by atoms with Crippen LogP contribution in [0.5, 0.6) is 5.75 Å². The van der Waals surface area contributed by atoms with Crippen molar-refractivity contribution in [3.05, 3.63) is 24.0 Å². The molecule has 0 radical (unpaired) electrons. The molecular weight excluding hydrogens is 150 g/mol. The van der Waals surface area contributed by atoms with E-state index in [2.05, 4.69) is 18.0 Å². The number of pyridine rings is 1. The van der Waals surface area contributed by atoms with Crippen LogP contribution in [-0.2, 0) is 6.42 Å². The van der Waals surface area contributed by atoms with Gasteiger partial charge in [-0.1, -0.05) is 6.92 Å². The summed E-state index contributed by atoms with van der Waals surface area (Å²) in [5.74, 6) is 0.928. The van der Waals surface area contributed by atoms with E-state index in [1.165, 1.54) is 18.4 Å². The lowest BCUT2D eigenvalue weighted by atomic mass is 10.2. The molecular formula is C10H13NO. The maximum atomic E-state index is 5.61. The lowest BCUT2D eigenvalue weighted by Gasteiger charge is -2.04. The van der Waals surface area contributed by atoms with Crippen molar-refractivity contribution in [2.75, 3.05) is 0 Å². The van der Waals surface area contributed by atoms with Gasteiger partial charge in [-0.2, -0.15) is 0 Å². The summed E-state index contributed by atoms with van der Waals surface area (Å²) in [6.45, 7) is 2.12. The highest BCUT2D eigenvalue weighted by atomic mass is 16.5. The van der Waals surface area contributed by atoms with Gasteiger partial charge in [-0.3, -0.25) is 4.98 Å². The number of aryl methyl sites for hydroxylation is 1. The highest BCUT2D eigenvalue weighted by Gasteiger charge is 2.23. The topological polar surface area (TPSA) is 22.1 Å². The number of rotatable bonds is 3. The number of hydrogen-bond donors (Lipinski definition) is 0. The first-order valence-electron chi connectivity index (χ1n) is 4.49. The van der Waals surface area contributed by atoms with Gasteiger partial charge in [-0.25, -0.2) is 0 Å². The molecule has 0 aliphatic heterocycles. The zero-order valence-corrected chi connectivity index (χ0v) is 7.29. The van der Waals surface area contributed by atoms with Crippen LogP contribution in [0.25, 0.3) is 0 Å². The number of aromatic nitrogens is 1. The smallest absolute Gasteiger partial charge is 0.138 e. The molecule has 0 N–H and O–H groups in total. The summed E-state index contributed by atoms with van der Waals surface area (Å²) in [5.41, 5.74) is 1.24. The molecule has 1 aromatic rings. The van der Waals surface area contributed by atoms with Crippen LogP contribution in [0.15, 0.2) is 18.5 Å². The first-order chi connectivity index (χ1) is 5.88. The molecule has 0 amide bonds. The third kappa shape index (κ3) is 1.76. The Kier molecular flexibility index (Phi) is 1.98. The Bertz CT molecular complexity index is 268. The van der Waals surface area contributed by atoms with Gasteiger partial charge in [0, 0.05) is 6.20 Å². The fraction of sp³-hybridized carbons (Fsp3) is 0.500. The van der Waals surface area contributed by atoms with Gasteiger partial charge in [0.05, 0.1) is 12.3 Å². The highest BCUT2D eigenvalue weighted by Crippen LogP contribution is 2.26. The maximum absolute atomic E-state index is 5.61. The lowest BCUT2D eigenvalue weighted by molar-refractivity contribution is 0.301. The molecule has 64 valence electrons. The van der Waals surface area contributed by atoms with Gasteiger partial charge in [0.15, 0.2) is 0 Å². The first-order valence-corrected chi connectivity index (χ1v) is 4.49. The van der Waals surface area contributed by atoms with E-state index < -0.39 is 0 Å². The van der Waals surface area contributed by atoms with E-state index in [0.717, 1.165) is 12.2 Å². The zero-order chi connectivity index (χ0) is 8.39. The second-order valence-electron chi connectivity index (χ2n) is 3.20. The average Bonchev–Trinajstić information content (AvgIpc) is 2.89. The van der Waals surface area contributed by atoms with E-state index in [1.54, 1.807) is 6.20 Å². The lowest BCUT2D eigenvalue weighted by Crippen LogP contribution is -1.96. The number of ether oxygens (including phenoxy) is 1. The van der Waals surface area contributed by atoms with Crippen molar-refractivity contribution in [2.24, 2.45) is 0 Å². The predicted octanol–water partition coefficient (Wildman–Crippen LogP) is 2.19. The maximum Gasteiger partial charge on any atom is 0.138 e. The van der Waals surface area contributed by atoms with E-state index in [-0.39, 0.29) is 0 Å². The molecule has 0 aromatic carbocycles. The van der Waals surface area contributed by atoms with Crippen molar-refractivity contribution in [1.82, 2.24) is 4.98 Å². The van der Waals surface area contributed by atoms with Crippen molar-refractivity contribution in [2.45, 2.75) is 32.3 Å². The molecule has 0 spiro atoms.